The molecule has 1 fully saturated rings. The van der Waals surface area contributed by atoms with Crippen molar-refractivity contribution in [2.24, 2.45) is 0 Å². The van der Waals surface area contributed by atoms with E-state index in [9.17, 15) is 19.8 Å². The smallest absolute Gasteiger partial charge is 0.303 e. The molecule has 1 aromatic carbocycles. The van der Waals surface area contributed by atoms with Crippen molar-refractivity contribution in [3.8, 4) is 0 Å². The number of esters is 1. The van der Waals surface area contributed by atoms with E-state index in [-0.39, 0.29) is 6.61 Å². The van der Waals surface area contributed by atoms with E-state index < -0.39 is 49.1 Å². The van der Waals surface area contributed by atoms with Crippen molar-refractivity contribution in [2.45, 2.75) is 51.1 Å². The number of ether oxygens (including phenoxy) is 3. The topological polar surface area (TPSA) is 114 Å². The minimum Gasteiger partial charge on any atom is -0.457 e. The van der Waals surface area contributed by atoms with Gasteiger partial charge in [-0.3, -0.25) is 9.59 Å². The summed E-state index contributed by atoms with van der Waals surface area (Å²) in [5.41, 5.74) is 0.878. The van der Waals surface area contributed by atoms with Gasteiger partial charge in [0.15, 0.2) is 12.4 Å². The van der Waals surface area contributed by atoms with Gasteiger partial charge >= 0.3 is 5.97 Å². The first-order valence-corrected chi connectivity index (χ1v) is 7.96. The van der Waals surface area contributed by atoms with Crippen LogP contribution in [-0.4, -0.2) is 59.3 Å². The third-order valence-electron chi connectivity index (χ3n) is 3.78. The van der Waals surface area contributed by atoms with Crippen LogP contribution in [0.25, 0.3) is 0 Å². The Bertz CT molecular complexity index is 580. The number of benzene rings is 1. The minimum absolute atomic E-state index is 0.183. The molecule has 25 heavy (non-hydrogen) atoms. The molecule has 0 bridgehead atoms. The standard InChI is InChI=1S/C17H23NO7/c1-10(20)18-14-16(24-11(2)21)15(22)13(8-19)25-17(14)23-9-12-6-4-3-5-7-12/h3-7,13-17,19,22H,8-9H2,1-2H3,(H,18,20)/t13-,14+,15+,16+,17-/m0/s1. The summed E-state index contributed by atoms with van der Waals surface area (Å²) in [5, 5.41) is 22.3. The van der Waals surface area contributed by atoms with Gasteiger partial charge in [0.25, 0.3) is 0 Å². The van der Waals surface area contributed by atoms with Crippen LogP contribution < -0.4 is 5.32 Å². The van der Waals surface area contributed by atoms with E-state index in [1.54, 1.807) is 0 Å². The molecule has 0 unspecified atom stereocenters. The van der Waals surface area contributed by atoms with Crippen LogP contribution in [0.15, 0.2) is 30.3 Å². The van der Waals surface area contributed by atoms with Gasteiger partial charge in [-0.2, -0.15) is 0 Å². The highest BCUT2D eigenvalue weighted by Crippen LogP contribution is 2.25. The summed E-state index contributed by atoms with van der Waals surface area (Å²) >= 11 is 0. The quantitative estimate of drug-likeness (QED) is 0.603. The first kappa shape index (κ1) is 19.3. The first-order valence-electron chi connectivity index (χ1n) is 7.96. The third kappa shape index (κ3) is 5.23. The second-order valence-electron chi connectivity index (χ2n) is 5.81. The Balaban J connectivity index is 2.19. The molecule has 8 nitrogen and oxygen atoms in total. The molecular weight excluding hydrogens is 330 g/mol. The molecule has 5 atom stereocenters. The molecule has 1 aliphatic heterocycles. The van der Waals surface area contributed by atoms with Crippen LogP contribution in [0.4, 0.5) is 0 Å². The van der Waals surface area contributed by atoms with Crippen molar-refractivity contribution in [3.05, 3.63) is 35.9 Å². The summed E-state index contributed by atoms with van der Waals surface area (Å²) in [6, 6.07) is 8.38. The molecule has 1 heterocycles. The lowest BCUT2D eigenvalue weighted by Gasteiger charge is -2.43. The zero-order valence-electron chi connectivity index (χ0n) is 14.1. The molecule has 0 spiro atoms. The summed E-state index contributed by atoms with van der Waals surface area (Å²) < 4.78 is 16.4. The Morgan fingerprint density at radius 1 is 1.24 bits per heavy atom. The van der Waals surface area contributed by atoms with Crippen LogP contribution in [0.1, 0.15) is 19.4 Å². The normalized spacial score (nSPS) is 29.0. The van der Waals surface area contributed by atoms with Gasteiger partial charge < -0.3 is 29.7 Å². The molecule has 3 N–H and O–H groups in total. The molecule has 0 radical (unpaired) electrons. The second-order valence-corrected chi connectivity index (χ2v) is 5.81. The molecule has 2 rings (SSSR count). The number of hydrogen-bond acceptors (Lipinski definition) is 7. The van der Waals surface area contributed by atoms with E-state index >= 15 is 0 Å². The molecule has 1 amide bonds. The maximum Gasteiger partial charge on any atom is 0.303 e. The molecule has 1 saturated heterocycles. The SMILES string of the molecule is CC(=O)N[C@H]1[C@@H](OCc2ccccc2)O[C@@H](CO)[C@@H](O)[C@@H]1OC(C)=O. The lowest BCUT2D eigenvalue weighted by atomic mass is 9.96. The van der Waals surface area contributed by atoms with Crippen LogP contribution in [0.3, 0.4) is 0 Å². The van der Waals surface area contributed by atoms with E-state index in [0.717, 1.165) is 5.56 Å². The van der Waals surface area contributed by atoms with Crippen LogP contribution in [0, 0.1) is 0 Å². The van der Waals surface area contributed by atoms with Gasteiger partial charge in [0.1, 0.15) is 18.2 Å². The summed E-state index contributed by atoms with van der Waals surface area (Å²) in [4.78, 5) is 22.9. The fourth-order valence-electron chi connectivity index (χ4n) is 2.68. The minimum atomic E-state index is -1.30. The lowest BCUT2D eigenvalue weighted by molar-refractivity contribution is -0.276. The highest BCUT2D eigenvalue weighted by Gasteiger charge is 2.48. The average Bonchev–Trinajstić information content (AvgIpc) is 2.57. The fourth-order valence-corrected chi connectivity index (χ4v) is 2.68. The number of nitrogens with one attached hydrogen (secondary N) is 1. The van der Waals surface area contributed by atoms with Gasteiger partial charge in [0.2, 0.25) is 5.91 Å². The summed E-state index contributed by atoms with van der Waals surface area (Å²) in [5.74, 6) is -1.02. The zero-order chi connectivity index (χ0) is 18.4. The molecule has 1 aromatic rings. The van der Waals surface area contributed by atoms with Crippen LogP contribution in [0.5, 0.6) is 0 Å². The number of aliphatic hydroxyl groups is 2. The Kier molecular flexibility index (Phi) is 6.89. The highest BCUT2D eigenvalue weighted by molar-refractivity contribution is 5.73. The van der Waals surface area contributed by atoms with Gasteiger partial charge in [-0.15, -0.1) is 0 Å². The summed E-state index contributed by atoms with van der Waals surface area (Å²) in [7, 11) is 0. The maximum absolute atomic E-state index is 11.5. The average molecular weight is 353 g/mol. The summed E-state index contributed by atoms with van der Waals surface area (Å²) in [6.45, 7) is 2.18. The fraction of sp³-hybridized carbons (Fsp3) is 0.529. The van der Waals surface area contributed by atoms with Gasteiger partial charge in [-0.25, -0.2) is 0 Å². The predicted molar refractivity (Wildman–Crippen MR) is 86.1 cm³/mol. The zero-order valence-corrected chi connectivity index (χ0v) is 14.1. The van der Waals surface area contributed by atoms with Gasteiger partial charge in [0, 0.05) is 13.8 Å². The monoisotopic (exact) mass is 353 g/mol. The highest BCUT2D eigenvalue weighted by atomic mass is 16.7. The molecule has 1 aliphatic rings. The van der Waals surface area contributed by atoms with E-state index in [2.05, 4.69) is 5.32 Å². The van der Waals surface area contributed by atoms with Crippen molar-refractivity contribution >= 4 is 11.9 Å². The molecule has 0 aliphatic carbocycles. The largest absolute Gasteiger partial charge is 0.457 e. The first-order chi connectivity index (χ1) is 11.9. The lowest BCUT2D eigenvalue weighted by Crippen LogP contribution is -2.65. The van der Waals surface area contributed by atoms with E-state index in [4.69, 9.17) is 14.2 Å². The summed E-state index contributed by atoms with van der Waals surface area (Å²) in [6.07, 6.45) is -4.42. The van der Waals surface area contributed by atoms with Crippen molar-refractivity contribution < 1.29 is 34.0 Å². The van der Waals surface area contributed by atoms with Crippen molar-refractivity contribution in [1.82, 2.24) is 5.32 Å². The van der Waals surface area contributed by atoms with Crippen LogP contribution in [-0.2, 0) is 30.4 Å². The Labute approximate surface area is 145 Å². The van der Waals surface area contributed by atoms with Crippen molar-refractivity contribution in [3.63, 3.8) is 0 Å². The number of rotatable bonds is 6. The number of aliphatic hydroxyl groups excluding tert-OH is 2. The van der Waals surface area contributed by atoms with Crippen LogP contribution >= 0.6 is 0 Å². The number of carbonyl (C=O) groups is 2. The van der Waals surface area contributed by atoms with Crippen molar-refractivity contribution in [2.75, 3.05) is 6.61 Å². The number of amides is 1. The Morgan fingerprint density at radius 2 is 1.92 bits per heavy atom. The van der Waals surface area contributed by atoms with Gasteiger partial charge in [-0.1, -0.05) is 30.3 Å². The number of carbonyl (C=O) groups excluding carboxylic acids is 2. The molecule has 0 aromatic heterocycles. The molecular formula is C17H23NO7. The second kappa shape index (κ2) is 8.91. The van der Waals surface area contributed by atoms with E-state index in [1.807, 2.05) is 30.3 Å². The Hall–Kier alpha value is -2.00. The van der Waals surface area contributed by atoms with Gasteiger partial charge in [0.05, 0.1) is 13.2 Å². The predicted octanol–water partition coefficient (Wildman–Crippen LogP) is -0.282. The van der Waals surface area contributed by atoms with E-state index in [0.29, 0.717) is 0 Å². The third-order valence-corrected chi connectivity index (χ3v) is 3.78. The molecule has 0 saturated carbocycles. The molecule has 138 valence electrons. The van der Waals surface area contributed by atoms with E-state index in [1.165, 1.54) is 13.8 Å². The maximum atomic E-state index is 11.5. The van der Waals surface area contributed by atoms with Crippen molar-refractivity contribution in [1.29, 1.82) is 0 Å². The van der Waals surface area contributed by atoms with Crippen LogP contribution in [0.2, 0.25) is 0 Å². The number of hydrogen-bond donors (Lipinski definition) is 3. The Morgan fingerprint density at radius 3 is 2.48 bits per heavy atom. The molecule has 8 heteroatoms. The van der Waals surface area contributed by atoms with Gasteiger partial charge in [-0.05, 0) is 5.56 Å².